The first-order chi connectivity index (χ1) is 21.0. The van der Waals surface area contributed by atoms with Crippen LogP contribution >= 0.6 is 0 Å². The number of aromatic nitrogens is 4. The molecule has 2 fully saturated rings. The monoisotopic (exact) mass is 583 g/mol. The second kappa shape index (κ2) is 12.7. The van der Waals surface area contributed by atoms with E-state index in [1.807, 2.05) is 66.1 Å². The number of hydrogen-bond donors (Lipinski definition) is 4. The lowest BCUT2D eigenvalue weighted by atomic mass is 10.0. The van der Waals surface area contributed by atoms with E-state index in [0.29, 0.717) is 43.0 Å². The number of nitrogens with zero attached hydrogens (tertiary/aromatic N) is 4. The zero-order valence-electron chi connectivity index (χ0n) is 23.6. The molecule has 1 saturated carbocycles. The number of ether oxygens (including phenoxy) is 2. The number of benzene rings is 2. The molecule has 2 aromatic heterocycles. The van der Waals surface area contributed by atoms with E-state index in [4.69, 9.17) is 9.47 Å². The van der Waals surface area contributed by atoms with Crippen molar-refractivity contribution in [2.24, 2.45) is 5.92 Å². The van der Waals surface area contributed by atoms with Crippen molar-refractivity contribution in [2.45, 2.75) is 44.4 Å². The normalized spacial score (nSPS) is 23.0. The van der Waals surface area contributed by atoms with Gasteiger partial charge >= 0.3 is 12.0 Å². The molecule has 6 rings (SSSR count). The molecule has 4 aromatic rings. The molecule has 1 aliphatic carbocycles. The Hall–Kier alpha value is -4.65. The quantitative estimate of drug-likeness (QED) is 0.218. The van der Waals surface area contributed by atoms with Gasteiger partial charge < -0.3 is 29.8 Å². The molecule has 3 heterocycles. The lowest BCUT2D eigenvalue weighted by Gasteiger charge is -2.20. The van der Waals surface area contributed by atoms with Crippen LogP contribution in [0.2, 0.25) is 0 Å². The largest absolute Gasteiger partial charge is 0.478 e. The van der Waals surface area contributed by atoms with Gasteiger partial charge in [0.25, 0.3) is 0 Å². The molecular weight excluding hydrogens is 550 g/mol. The fraction of sp³-hybridized carbons (Fsp3) is 0.323. The molecule has 5 atom stereocenters. The SMILES string of the molecule is CCNC(=O)Nc1ncnc2c1ncn2C1CC(CNCc2ccccc2C(=O)O)C2O[C@H](/C=C/c3ccccc3)OC21. The number of anilines is 1. The summed E-state index contributed by atoms with van der Waals surface area (Å²) in [6, 6.07) is 16.4. The number of aromatic carboxylic acids is 1. The van der Waals surface area contributed by atoms with Gasteiger partial charge in [0, 0.05) is 25.6 Å². The summed E-state index contributed by atoms with van der Waals surface area (Å²) in [5.74, 6) is -0.560. The summed E-state index contributed by atoms with van der Waals surface area (Å²) in [7, 11) is 0. The number of fused-ring (bicyclic) bond motifs is 2. The average Bonchev–Trinajstić information content (AvgIpc) is 3.72. The molecule has 0 spiro atoms. The fourth-order valence-corrected chi connectivity index (χ4v) is 5.85. The first-order valence-electron chi connectivity index (χ1n) is 14.3. The Kier molecular flexibility index (Phi) is 8.40. The van der Waals surface area contributed by atoms with E-state index in [0.717, 1.165) is 11.1 Å². The third-order valence-corrected chi connectivity index (χ3v) is 7.79. The number of carbonyl (C=O) groups excluding carboxylic acids is 1. The van der Waals surface area contributed by atoms with Crippen molar-refractivity contribution >= 4 is 35.1 Å². The predicted molar refractivity (Wildman–Crippen MR) is 159 cm³/mol. The summed E-state index contributed by atoms with van der Waals surface area (Å²) in [6.07, 6.45) is 6.70. The maximum absolute atomic E-state index is 12.2. The molecule has 2 aliphatic rings. The fourth-order valence-electron chi connectivity index (χ4n) is 5.85. The van der Waals surface area contributed by atoms with Crippen LogP contribution in [0, 0.1) is 5.92 Å². The first-order valence-corrected chi connectivity index (χ1v) is 14.3. The lowest BCUT2D eigenvalue weighted by molar-refractivity contribution is -0.0499. The van der Waals surface area contributed by atoms with Crippen molar-refractivity contribution in [1.29, 1.82) is 0 Å². The van der Waals surface area contributed by atoms with Gasteiger partial charge in [-0.1, -0.05) is 54.6 Å². The average molecular weight is 584 g/mol. The molecule has 12 heteroatoms. The standard InChI is InChI=1S/C31H33N7O5/c1-2-33-31(41)37-28-25-29(35-17-34-28)38(18-36-25)23-14-21(16-32-15-20-10-6-7-11-22(20)30(39)40)26-27(23)43-24(42-26)13-12-19-8-4-3-5-9-19/h3-13,17-18,21,23-24,26-27,32H,2,14-16H2,1H3,(H,39,40)(H2,33,34,35,37,41)/b13-12+/t21?,23?,24-,26?,27?/m0/s1. The Morgan fingerprint density at radius 3 is 2.65 bits per heavy atom. The van der Waals surface area contributed by atoms with Crippen LogP contribution in [0.3, 0.4) is 0 Å². The van der Waals surface area contributed by atoms with E-state index < -0.39 is 12.3 Å². The molecule has 4 N–H and O–H groups in total. The summed E-state index contributed by atoms with van der Waals surface area (Å²) in [4.78, 5) is 37.1. The van der Waals surface area contributed by atoms with Crippen LogP contribution in [-0.2, 0) is 16.0 Å². The van der Waals surface area contributed by atoms with Gasteiger partial charge in [0.05, 0.1) is 24.0 Å². The third-order valence-electron chi connectivity index (χ3n) is 7.79. The zero-order valence-corrected chi connectivity index (χ0v) is 23.6. The Morgan fingerprint density at radius 2 is 1.84 bits per heavy atom. The van der Waals surface area contributed by atoms with E-state index in [9.17, 15) is 14.7 Å². The lowest BCUT2D eigenvalue weighted by Crippen LogP contribution is -2.32. The van der Waals surface area contributed by atoms with Gasteiger partial charge in [-0.15, -0.1) is 0 Å². The summed E-state index contributed by atoms with van der Waals surface area (Å²) in [5, 5.41) is 18.5. The van der Waals surface area contributed by atoms with Crippen LogP contribution in [0.5, 0.6) is 0 Å². The van der Waals surface area contributed by atoms with E-state index >= 15 is 0 Å². The van der Waals surface area contributed by atoms with Crippen LogP contribution in [0.1, 0.15) is 40.9 Å². The van der Waals surface area contributed by atoms with Gasteiger partial charge in [-0.05, 0) is 36.6 Å². The van der Waals surface area contributed by atoms with Gasteiger partial charge in [-0.2, -0.15) is 0 Å². The van der Waals surface area contributed by atoms with E-state index in [-0.39, 0.29) is 35.8 Å². The van der Waals surface area contributed by atoms with E-state index in [1.165, 1.54) is 6.33 Å². The molecule has 43 heavy (non-hydrogen) atoms. The molecule has 1 aliphatic heterocycles. The second-order valence-corrected chi connectivity index (χ2v) is 10.5. The summed E-state index contributed by atoms with van der Waals surface area (Å²) >= 11 is 0. The minimum atomic E-state index is -0.950. The predicted octanol–water partition coefficient (Wildman–Crippen LogP) is 3.84. The van der Waals surface area contributed by atoms with Crippen molar-refractivity contribution in [3.8, 4) is 0 Å². The summed E-state index contributed by atoms with van der Waals surface area (Å²) < 4.78 is 14.9. The summed E-state index contributed by atoms with van der Waals surface area (Å²) in [5.41, 5.74) is 3.12. The molecule has 0 bridgehead atoms. The molecular formula is C31H33N7O5. The number of nitrogens with one attached hydrogen (secondary N) is 3. The molecule has 222 valence electrons. The second-order valence-electron chi connectivity index (χ2n) is 10.5. The Bertz CT molecular complexity index is 1630. The van der Waals surface area contributed by atoms with Crippen LogP contribution in [-0.4, -0.2) is 68.2 Å². The van der Waals surface area contributed by atoms with Crippen LogP contribution in [0.4, 0.5) is 10.6 Å². The topological polar surface area (TPSA) is 153 Å². The molecule has 4 unspecified atom stereocenters. The van der Waals surface area contributed by atoms with Crippen LogP contribution in [0.25, 0.3) is 17.2 Å². The van der Waals surface area contributed by atoms with Gasteiger partial charge in [0.15, 0.2) is 23.3 Å². The number of imidazole rings is 1. The van der Waals surface area contributed by atoms with Crippen molar-refractivity contribution in [2.75, 3.05) is 18.4 Å². The van der Waals surface area contributed by atoms with E-state index in [2.05, 4.69) is 30.9 Å². The highest BCUT2D eigenvalue weighted by atomic mass is 16.7. The number of carbonyl (C=O) groups is 2. The maximum atomic E-state index is 12.2. The third kappa shape index (κ3) is 6.12. The highest BCUT2D eigenvalue weighted by Gasteiger charge is 2.51. The minimum absolute atomic E-state index is 0.0642. The van der Waals surface area contributed by atoms with Crippen molar-refractivity contribution in [1.82, 2.24) is 30.2 Å². The van der Waals surface area contributed by atoms with Crippen molar-refractivity contribution < 1.29 is 24.2 Å². The highest BCUT2D eigenvalue weighted by molar-refractivity contribution is 5.95. The molecule has 12 nitrogen and oxygen atoms in total. The Balaban J connectivity index is 1.24. The Labute approximate surface area is 248 Å². The number of rotatable bonds is 10. The van der Waals surface area contributed by atoms with Gasteiger partial charge in [-0.3, -0.25) is 5.32 Å². The first kappa shape index (κ1) is 28.5. The van der Waals surface area contributed by atoms with Gasteiger partial charge in [-0.25, -0.2) is 24.5 Å². The zero-order chi connectivity index (χ0) is 29.8. The van der Waals surface area contributed by atoms with Crippen LogP contribution in [0.15, 0.2) is 73.3 Å². The van der Waals surface area contributed by atoms with Crippen molar-refractivity contribution in [3.05, 3.63) is 90.0 Å². The van der Waals surface area contributed by atoms with Gasteiger partial charge in [0.2, 0.25) is 0 Å². The molecule has 1 saturated heterocycles. The molecule has 2 amide bonds. The van der Waals surface area contributed by atoms with E-state index in [1.54, 1.807) is 18.5 Å². The Morgan fingerprint density at radius 1 is 1.05 bits per heavy atom. The number of hydrogen-bond acceptors (Lipinski definition) is 8. The number of carboxylic acids is 1. The molecule has 0 radical (unpaired) electrons. The maximum Gasteiger partial charge on any atom is 0.336 e. The van der Waals surface area contributed by atoms with Crippen molar-refractivity contribution in [3.63, 3.8) is 0 Å². The number of urea groups is 1. The van der Waals surface area contributed by atoms with Crippen LogP contribution < -0.4 is 16.0 Å². The number of amides is 2. The van der Waals surface area contributed by atoms with Gasteiger partial charge in [0.1, 0.15) is 12.4 Å². The smallest absolute Gasteiger partial charge is 0.336 e. The highest BCUT2D eigenvalue weighted by Crippen LogP contribution is 2.45. The summed E-state index contributed by atoms with van der Waals surface area (Å²) in [6.45, 7) is 3.32. The number of carboxylic acid groups (broad SMARTS) is 1. The minimum Gasteiger partial charge on any atom is -0.478 e. The molecule has 2 aromatic carbocycles.